The summed E-state index contributed by atoms with van der Waals surface area (Å²) in [5.74, 6) is -0.862. The molecule has 0 amide bonds. The Morgan fingerprint density at radius 1 is 1.21 bits per heavy atom. The van der Waals surface area contributed by atoms with Crippen molar-refractivity contribution in [2.24, 2.45) is 5.41 Å². The molecule has 0 unspecified atom stereocenters. The lowest BCUT2D eigenvalue weighted by Gasteiger charge is -2.40. The van der Waals surface area contributed by atoms with Crippen LogP contribution in [0.1, 0.15) is 48.9 Å². The summed E-state index contributed by atoms with van der Waals surface area (Å²) < 4.78 is 0. The van der Waals surface area contributed by atoms with Crippen LogP contribution in [0.2, 0.25) is 0 Å². The molecule has 1 saturated carbocycles. The van der Waals surface area contributed by atoms with Crippen molar-refractivity contribution in [3.05, 3.63) is 24.0 Å². The van der Waals surface area contributed by atoms with Gasteiger partial charge in [0, 0.05) is 19.3 Å². The molecule has 0 atom stereocenters. The molecule has 1 aromatic rings. The largest absolute Gasteiger partial charge is 0.478 e. The monoisotopic (exact) mass is 260 g/mol. The summed E-state index contributed by atoms with van der Waals surface area (Å²) in [5, 5.41) is 9.25. The standard InChI is InChI=1S/C15H20N2O2/c18-14(19)12-3-8-16-11-13(12)17-9-6-15(7-10-17)4-1-2-5-15/h3,8,11H,1-2,4-7,9-10H2,(H,18,19). The predicted octanol–water partition coefficient (Wildman–Crippen LogP) is 2.94. The van der Waals surface area contributed by atoms with Gasteiger partial charge in [-0.05, 0) is 37.2 Å². The van der Waals surface area contributed by atoms with E-state index in [1.165, 1.54) is 38.5 Å². The van der Waals surface area contributed by atoms with Crippen LogP contribution in [0.5, 0.6) is 0 Å². The van der Waals surface area contributed by atoms with Crippen LogP contribution in [0.4, 0.5) is 5.69 Å². The van der Waals surface area contributed by atoms with Crippen LogP contribution in [0, 0.1) is 5.41 Å². The van der Waals surface area contributed by atoms with Crippen LogP contribution < -0.4 is 4.90 Å². The van der Waals surface area contributed by atoms with Gasteiger partial charge in [-0.2, -0.15) is 0 Å². The average molecular weight is 260 g/mol. The zero-order chi connectivity index (χ0) is 13.3. The summed E-state index contributed by atoms with van der Waals surface area (Å²) in [4.78, 5) is 17.5. The van der Waals surface area contributed by atoms with Crippen molar-refractivity contribution < 1.29 is 9.90 Å². The number of aromatic nitrogens is 1. The molecule has 0 radical (unpaired) electrons. The third-order valence-corrected chi connectivity index (χ3v) is 4.86. The number of aromatic carboxylic acids is 1. The number of nitrogens with zero attached hydrogens (tertiary/aromatic N) is 2. The highest BCUT2D eigenvalue weighted by atomic mass is 16.4. The number of carboxylic acids is 1. The van der Waals surface area contributed by atoms with Crippen LogP contribution in [-0.4, -0.2) is 29.1 Å². The van der Waals surface area contributed by atoms with Crippen LogP contribution in [0.3, 0.4) is 0 Å². The minimum atomic E-state index is -0.862. The van der Waals surface area contributed by atoms with Crippen molar-refractivity contribution in [1.29, 1.82) is 0 Å². The molecule has 3 rings (SSSR count). The highest BCUT2D eigenvalue weighted by Gasteiger charge is 2.37. The fourth-order valence-electron chi connectivity index (χ4n) is 3.67. The van der Waals surface area contributed by atoms with Crippen molar-refractivity contribution in [2.45, 2.75) is 38.5 Å². The Kier molecular flexibility index (Phi) is 3.17. The van der Waals surface area contributed by atoms with Crippen LogP contribution in [0.15, 0.2) is 18.5 Å². The minimum Gasteiger partial charge on any atom is -0.478 e. The molecule has 1 aromatic heterocycles. The van der Waals surface area contributed by atoms with E-state index in [1.807, 2.05) is 0 Å². The maximum atomic E-state index is 11.3. The molecule has 2 fully saturated rings. The van der Waals surface area contributed by atoms with E-state index in [0.717, 1.165) is 18.8 Å². The van der Waals surface area contributed by atoms with Gasteiger partial charge in [-0.1, -0.05) is 12.8 Å². The van der Waals surface area contributed by atoms with E-state index in [-0.39, 0.29) is 0 Å². The second-order valence-corrected chi connectivity index (χ2v) is 5.89. The Bertz CT molecular complexity index is 471. The molecule has 1 N–H and O–H groups in total. The van der Waals surface area contributed by atoms with Crippen LogP contribution in [0.25, 0.3) is 0 Å². The molecule has 0 aromatic carbocycles. The first-order valence-corrected chi connectivity index (χ1v) is 7.13. The molecule has 19 heavy (non-hydrogen) atoms. The van der Waals surface area contributed by atoms with Gasteiger partial charge in [0.25, 0.3) is 0 Å². The first-order chi connectivity index (χ1) is 9.20. The summed E-state index contributed by atoms with van der Waals surface area (Å²) in [6.07, 6.45) is 11.1. The topological polar surface area (TPSA) is 53.4 Å². The second-order valence-electron chi connectivity index (χ2n) is 5.89. The van der Waals surface area contributed by atoms with E-state index in [0.29, 0.717) is 11.0 Å². The van der Waals surface area contributed by atoms with Crippen LogP contribution in [-0.2, 0) is 0 Å². The molecule has 102 valence electrons. The lowest BCUT2D eigenvalue weighted by molar-refractivity contribution is 0.0697. The van der Waals surface area contributed by atoms with Gasteiger partial charge in [-0.25, -0.2) is 4.79 Å². The maximum Gasteiger partial charge on any atom is 0.337 e. The fourth-order valence-corrected chi connectivity index (χ4v) is 3.67. The summed E-state index contributed by atoms with van der Waals surface area (Å²) in [6.45, 7) is 1.93. The summed E-state index contributed by atoms with van der Waals surface area (Å²) >= 11 is 0. The number of anilines is 1. The summed E-state index contributed by atoms with van der Waals surface area (Å²) in [5.41, 5.74) is 1.71. The Morgan fingerprint density at radius 3 is 2.53 bits per heavy atom. The Balaban J connectivity index is 1.76. The second kappa shape index (κ2) is 4.83. The van der Waals surface area contributed by atoms with Gasteiger partial charge in [-0.15, -0.1) is 0 Å². The van der Waals surface area contributed by atoms with E-state index in [1.54, 1.807) is 18.5 Å². The molecule has 1 aliphatic heterocycles. The quantitative estimate of drug-likeness (QED) is 0.888. The van der Waals surface area contributed by atoms with Crippen molar-refractivity contribution >= 4 is 11.7 Å². The number of pyridine rings is 1. The number of rotatable bonds is 2. The number of hydrogen-bond donors (Lipinski definition) is 1. The number of piperidine rings is 1. The zero-order valence-corrected chi connectivity index (χ0v) is 11.1. The molecule has 1 spiro atoms. The fraction of sp³-hybridized carbons (Fsp3) is 0.600. The molecule has 4 nitrogen and oxygen atoms in total. The van der Waals surface area contributed by atoms with Gasteiger partial charge in [0.2, 0.25) is 0 Å². The Labute approximate surface area is 113 Å². The number of carbonyl (C=O) groups is 1. The molecule has 0 bridgehead atoms. The average Bonchev–Trinajstić information content (AvgIpc) is 2.88. The molecular formula is C15H20N2O2. The number of hydrogen-bond acceptors (Lipinski definition) is 3. The molecule has 2 heterocycles. The zero-order valence-electron chi connectivity index (χ0n) is 11.1. The van der Waals surface area contributed by atoms with Gasteiger partial charge in [0.15, 0.2) is 0 Å². The highest BCUT2D eigenvalue weighted by molar-refractivity contribution is 5.94. The van der Waals surface area contributed by atoms with Gasteiger partial charge in [0.1, 0.15) is 0 Å². The van der Waals surface area contributed by atoms with Crippen molar-refractivity contribution in [1.82, 2.24) is 4.98 Å². The third kappa shape index (κ3) is 2.31. The first kappa shape index (κ1) is 12.5. The van der Waals surface area contributed by atoms with Crippen molar-refractivity contribution in [3.63, 3.8) is 0 Å². The normalized spacial score (nSPS) is 21.8. The van der Waals surface area contributed by atoms with Gasteiger partial charge in [-0.3, -0.25) is 4.98 Å². The van der Waals surface area contributed by atoms with E-state index in [9.17, 15) is 9.90 Å². The van der Waals surface area contributed by atoms with E-state index in [4.69, 9.17) is 0 Å². The SMILES string of the molecule is O=C(O)c1ccncc1N1CCC2(CCCC2)CC1. The summed E-state index contributed by atoms with van der Waals surface area (Å²) in [7, 11) is 0. The number of carboxylic acid groups (broad SMARTS) is 1. The molecule has 1 aliphatic carbocycles. The predicted molar refractivity (Wildman–Crippen MR) is 73.5 cm³/mol. The molecular weight excluding hydrogens is 240 g/mol. The van der Waals surface area contributed by atoms with E-state index >= 15 is 0 Å². The highest BCUT2D eigenvalue weighted by Crippen LogP contribution is 2.46. The molecule has 1 saturated heterocycles. The van der Waals surface area contributed by atoms with Crippen molar-refractivity contribution in [2.75, 3.05) is 18.0 Å². The molecule has 2 aliphatic rings. The lowest BCUT2D eigenvalue weighted by Crippen LogP contribution is -2.39. The Morgan fingerprint density at radius 2 is 1.89 bits per heavy atom. The first-order valence-electron chi connectivity index (χ1n) is 7.13. The van der Waals surface area contributed by atoms with Gasteiger partial charge in [0.05, 0.1) is 17.4 Å². The minimum absolute atomic E-state index is 0.373. The van der Waals surface area contributed by atoms with Gasteiger partial charge < -0.3 is 10.0 Å². The lowest BCUT2D eigenvalue weighted by atomic mass is 9.77. The maximum absolute atomic E-state index is 11.3. The Hall–Kier alpha value is -1.58. The third-order valence-electron chi connectivity index (χ3n) is 4.86. The van der Waals surface area contributed by atoms with E-state index in [2.05, 4.69) is 9.88 Å². The molecule has 4 heteroatoms. The summed E-state index contributed by atoms with van der Waals surface area (Å²) in [6, 6.07) is 1.59. The van der Waals surface area contributed by atoms with Crippen molar-refractivity contribution in [3.8, 4) is 0 Å². The van der Waals surface area contributed by atoms with Gasteiger partial charge >= 0.3 is 5.97 Å². The van der Waals surface area contributed by atoms with Crippen LogP contribution >= 0.6 is 0 Å². The smallest absolute Gasteiger partial charge is 0.337 e. The van der Waals surface area contributed by atoms with E-state index < -0.39 is 5.97 Å².